The first-order valence-corrected chi connectivity index (χ1v) is 7.62. The number of nitrogens with zero attached hydrogens (tertiary/aromatic N) is 1. The Morgan fingerprint density at radius 2 is 2.29 bits per heavy atom. The van der Waals surface area contributed by atoms with Crippen molar-refractivity contribution in [2.45, 2.75) is 6.92 Å². The smallest absolute Gasteiger partial charge is 0.265 e. The zero-order valence-corrected chi connectivity index (χ0v) is 13.5. The van der Waals surface area contributed by atoms with Crippen molar-refractivity contribution in [2.75, 3.05) is 26.0 Å². The number of nitrogens with one attached hydrogen (secondary N) is 1. The first-order chi connectivity index (χ1) is 10.0. The molecule has 0 saturated heterocycles. The van der Waals surface area contributed by atoms with E-state index in [1.807, 2.05) is 31.2 Å². The van der Waals surface area contributed by atoms with Crippen LogP contribution in [0.25, 0.3) is 5.69 Å². The van der Waals surface area contributed by atoms with Crippen LogP contribution in [0.5, 0.6) is 0 Å². The van der Waals surface area contributed by atoms with Gasteiger partial charge in [0.05, 0.1) is 6.61 Å². The van der Waals surface area contributed by atoms with Gasteiger partial charge in [-0.1, -0.05) is 23.5 Å². The van der Waals surface area contributed by atoms with E-state index >= 15 is 0 Å². The van der Waals surface area contributed by atoms with Crippen molar-refractivity contribution in [3.8, 4) is 5.69 Å². The number of amides is 1. The Bertz CT molecular complexity index is 706. The molecule has 1 aromatic heterocycles. The lowest BCUT2D eigenvalue weighted by Crippen LogP contribution is -2.27. The highest BCUT2D eigenvalue weighted by Crippen LogP contribution is 2.26. The van der Waals surface area contributed by atoms with Crippen molar-refractivity contribution in [1.29, 1.82) is 0 Å². The Hall–Kier alpha value is -1.70. The lowest BCUT2D eigenvalue weighted by atomic mass is 10.2. The minimum absolute atomic E-state index is 0.230. The molecule has 0 bridgehead atoms. The highest BCUT2D eigenvalue weighted by Gasteiger charge is 2.17. The standard InChI is InChI=1S/C14H17N3O2S2/c1-9-4-3-5-10(8-9)17-12(15)11(21-14(17)20)13(18)16-6-7-19-2/h3-5,8H,6-7,15H2,1-2H3,(H,16,18). The molecular weight excluding hydrogens is 306 g/mol. The second-order valence-electron chi connectivity index (χ2n) is 4.51. The van der Waals surface area contributed by atoms with Gasteiger partial charge in [0.15, 0.2) is 3.95 Å². The van der Waals surface area contributed by atoms with E-state index in [0.717, 1.165) is 11.3 Å². The molecule has 1 aromatic carbocycles. The molecule has 0 aliphatic carbocycles. The number of anilines is 1. The Morgan fingerprint density at radius 1 is 1.52 bits per heavy atom. The average molecular weight is 323 g/mol. The number of nitrogens with two attached hydrogens (primary N) is 1. The Balaban J connectivity index is 2.34. The summed E-state index contributed by atoms with van der Waals surface area (Å²) in [6.45, 7) is 2.88. The number of carbonyl (C=O) groups is 1. The summed E-state index contributed by atoms with van der Waals surface area (Å²) in [5.41, 5.74) is 8.07. The van der Waals surface area contributed by atoms with Gasteiger partial charge in [-0.05, 0) is 36.8 Å². The fraction of sp³-hybridized carbons (Fsp3) is 0.286. The summed E-state index contributed by atoms with van der Waals surface area (Å²) in [6.07, 6.45) is 0. The van der Waals surface area contributed by atoms with Crippen molar-refractivity contribution in [1.82, 2.24) is 9.88 Å². The molecule has 5 nitrogen and oxygen atoms in total. The molecule has 1 heterocycles. The highest BCUT2D eigenvalue weighted by atomic mass is 32.1. The third-order valence-corrected chi connectivity index (χ3v) is 4.29. The summed E-state index contributed by atoms with van der Waals surface area (Å²) in [5, 5.41) is 2.75. The summed E-state index contributed by atoms with van der Waals surface area (Å²) in [5.74, 6) is 0.137. The van der Waals surface area contributed by atoms with E-state index in [1.165, 1.54) is 11.3 Å². The minimum atomic E-state index is -0.230. The zero-order valence-electron chi connectivity index (χ0n) is 11.9. The number of hydrogen-bond acceptors (Lipinski definition) is 5. The van der Waals surface area contributed by atoms with E-state index in [1.54, 1.807) is 11.7 Å². The number of carbonyl (C=O) groups excluding carboxylic acids is 1. The van der Waals surface area contributed by atoms with Gasteiger partial charge in [0.1, 0.15) is 10.7 Å². The van der Waals surface area contributed by atoms with E-state index in [0.29, 0.717) is 27.8 Å². The van der Waals surface area contributed by atoms with E-state index < -0.39 is 0 Å². The number of hydrogen-bond donors (Lipinski definition) is 2. The molecule has 7 heteroatoms. The fourth-order valence-corrected chi connectivity index (χ4v) is 3.19. The molecule has 21 heavy (non-hydrogen) atoms. The third-order valence-electron chi connectivity index (χ3n) is 2.90. The molecule has 0 saturated carbocycles. The van der Waals surface area contributed by atoms with Gasteiger partial charge in [0, 0.05) is 19.3 Å². The molecule has 2 rings (SSSR count). The van der Waals surface area contributed by atoms with Crippen molar-refractivity contribution < 1.29 is 9.53 Å². The summed E-state index contributed by atoms with van der Waals surface area (Å²) in [6, 6.07) is 7.82. The number of thiazole rings is 1. The number of benzene rings is 1. The molecule has 0 fully saturated rings. The van der Waals surface area contributed by atoms with E-state index in [-0.39, 0.29) is 5.91 Å². The van der Waals surface area contributed by atoms with E-state index in [9.17, 15) is 4.79 Å². The molecule has 2 aromatic rings. The lowest BCUT2D eigenvalue weighted by molar-refractivity contribution is 0.0941. The van der Waals surface area contributed by atoms with Crippen LogP contribution in [0.1, 0.15) is 15.2 Å². The normalized spacial score (nSPS) is 10.6. The van der Waals surface area contributed by atoms with Gasteiger partial charge < -0.3 is 15.8 Å². The van der Waals surface area contributed by atoms with Crippen LogP contribution in [-0.2, 0) is 4.74 Å². The number of aryl methyl sites for hydroxylation is 1. The van der Waals surface area contributed by atoms with Crippen LogP contribution in [0.2, 0.25) is 0 Å². The first kappa shape index (κ1) is 15.7. The summed E-state index contributed by atoms with van der Waals surface area (Å²) >= 11 is 6.54. The SMILES string of the molecule is COCCNC(=O)c1sc(=S)n(-c2cccc(C)c2)c1N. The predicted octanol–water partition coefficient (Wildman–Crippen LogP) is 2.54. The number of aromatic nitrogens is 1. The molecule has 0 radical (unpaired) electrons. The van der Waals surface area contributed by atoms with Crippen LogP contribution in [0.4, 0.5) is 5.82 Å². The maximum atomic E-state index is 12.1. The van der Waals surface area contributed by atoms with Crippen molar-refractivity contribution in [3.63, 3.8) is 0 Å². The lowest BCUT2D eigenvalue weighted by Gasteiger charge is -2.07. The van der Waals surface area contributed by atoms with Crippen molar-refractivity contribution in [3.05, 3.63) is 38.7 Å². The molecule has 0 unspecified atom stereocenters. The van der Waals surface area contributed by atoms with Gasteiger partial charge in [-0.2, -0.15) is 0 Å². The van der Waals surface area contributed by atoms with Gasteiger partial charge in [-0.25, -0.2) is 0 Å². The third kappa shape index (κ3) is 3.49. The topological polar surface area (TPSA) is 69.3 Å². The number of rotatable bonds is 5. The minimum Gasteiger partial charge on any atom is -0.383 e. The van der Waals surface area contributed by atoms with Gasteiger partial charge in [0.2, 0.25) is 0 Å². The molecule has 0 spiro atoms. The van der Waals surface area contributed by atoms with E-state index in [4.69, 9.17) is 22.7 Å². The Kier molecular flexibility index (Phi) is 5.11. The number of methoxy groups -OCH3 is 1. The van der Waals surface area contributed by atoms with Crippen LogP contribution in [0, 0.1) is 10.9 Å². The van der Waals surface area contributed by atoms with Crippen LogP contribution in [0.15, 0.2) is 24.3 Å². The van der Waals surface area contributed by atoms with Crippen molar-refractivity contribution >= 4 is 35.3 Å². The van der Waals surface area contributed by atoms with Gasteiger partial charge in [0.25, 0.3) is 5.91 Å². The van der Waals surface area contributed by atoms with Crippen LogP contribution in [0.3, 0.4) is 0 Å². The number of nitrogen functional groups attached to an aromatic ring is 1. The monoisotopic (exact) mass is 323 g/mol. The molecule has 1 amide bonds. The van der Waals surface area contributed by atoms with Crippen LogP contribution >= 0.6 is 23.6 Å². The Morgan fingerprint density at radius 3 is 2.95 bits per heavy atom. The highest BCUT2D eigenvalue weighted by molar-refractivity contribution is 7.73. The summed E-state index contributed by atoms with van der Waals surface area (Å²) in [4.78, 5) is 12.5. The second kappa shape index (κ2) is 6.84. The summed E-state index contributed by atoms with van der Waals surface area (Å²) in [7, 11) is 1.58. The zero-order chi connectivity index (χ0) is 15.4. The molecule has 3 N–H and O–H groups in total. The summed E-state index contributed by atoms with van der Waals surface area (Å²) < 4.78 is 7.17. The van der Waals surface area contributed by atoms with Gasteiger partial charge in [-0.15, -0.1) is 0 Å². The van der Waals surface area contributed by atoms with Gasteiger partial charge >= 0.3 is 0 Å². The molecule has 0 aliphatic rings. The molecule has 112 valence electrons. The van der Waals surface area contributed by atoms with Crippen LogP contribution in [-0.4, -0.2) is 30.7 Å². The van der Waals surface area contributed by atoms with Crippen molar-refractivity contribution in [2.24, 2.45) is 0 Å². The Labute approximate surface area is 132 Å². The first-order valence-electron chi connectivity index (χ1n) is 6.40. The molecular formula is C14H17N3O2S2. The van der Waals surface area contributed by atoms with Gasteiger partial charge in [-0.3, -0.25) is 9.36 Å². The largest absolute Gasteiger partial charge is 0.383 e. The van der Waals surface area contributed by atoms with Crippen LogP contribution < -0.4 is 11.1 Å². The average Bonchev–Trinajstić information content (AvgIpc) is 2.74. The number of ether oxygens (including phenoxy) is 1. The maximum Gasteiger partial charge on any atom is 0.265 e. The predicted molar refractivity (Wildman–Crippen MR) is 87.8 cm³/mol. The quantitative estimate of drug-likeness (QED) is 0.655. The fourth-order valence-electron chi connectivity index (χ4n) is 1.91. The molecule has 0 atom stereocenters. The van der Waals surface area contributed by atoms with E-state index in [2.05, 4.69) is 5.32 Å². The molecule has 0 aliphatic heterocycles. The second-order valence-corrected chi connectivity index (χ2v) is 6.15. The maximum absolute atomic E-state index is 12.1.